The molecule has 0 heterocycles. The average Bonchev–Trinajstić information content (AvgIpc) is 2.43. The molecule has 0 aliphatic rings. The summed E-state index contributed by atoms with van der Waals surface area (Å²) in [4.78, 5) is 11.3. The number of hydrogen-bond donors (Lipinski definition) is 2. The molecular weight excluding hydrogens is 254 g/mol. The molecule has 0 aromatic carbocycles. The van der Waals surface area contributed by atoms with Gasteiger partial charge in [-0.15, -0.1) is 0 Å². The molecule has 0 fully saturated rings. The van der Waals surface area contributed by atoms with Gasteiger partial charge in [0.2, 0.25) is 0 Å². The predicted molar refractivity (Wildman–Crippen MR) is 82.5 cm³/mol. The molecule has 0 aromatic rings. The first kappa shape index (κ1) is 19.4. The zero-order valence-electron chi connectivity index (χ0n) is 13.3. The Morgan fingerprint density at radius 3 is 1.90 bits per heavy atom. The van der Waals surface area contributed by atoms with Gasteiger partial charge in [0, 0.05) is 0 Å². The first-order chi connectivity index (χ1) is 9.59. The fraction of sp³-hybridized carbons (Fsp3) is 0.938. The number of rotatable bonds is 13. The van der Waals surface area contributed by atoms with E-state index in [9.17, 15) is 4.79 Å². The number of unbranched alkanes of at least 4 members (excludes halogenated alkanes) is 9. The van der Waals surface area contributed by atoms with Crippen molar-refractivity contribution in [2.24, 2.45) is 5.73 Å². The van der Waals surface area contributed by atoms with Crippen molar-refractivity contribution in [1.82, 2.24) is 0 Å². The van der Waals surface area contributed by atoms with Crippen molar-refractivity contribution in [1.29, 1.82) is 0 Å². The third-order valence-electron chi connectivity index (χ3n) is 3.53. The van der Waals surface area contributed by atoms with Gasteiger partial charge in [-0.3, -0.25) is 4.79 Å². The molecule has 0 rings (SSSR count). The highest BCUT2D eigenvalue weighted by Crippen LogP contribution is 2.10. The van der Waals surface area contributed by atoms with Crippen LogP contribution in [0.2, 0.25) is 0 Å². The quantitative estimate of drug-likeness (QED) is 0.403. The monoisotopic (exact) mass is 287 g/mol. The largest absolute Gasteiger partial charge is 0.464 e. The van der Waals surface area contributed by atoms with Crippen LogP contribution in [0.25, 0.3) is 0 Å². The van der Waals surface area contributed by atoms with Crippen molar-refractivity contribution < 1.29 is 14.6 Å². The molecular formula is C16H33NO3. The molecule has 120 valence electrons. The zero-order valence-corrected chi connectivity index (χ0v) is 13.3. The number of esters is 1. The molecule has 0 aliphatic heterocycles. The second-order valence-corrected chi connectivity index (χ2v) is 5.62. The van der Waals surface area contributed by atoms with Gasteiger partial charge in [-0.25, -0.2) is 0 Å². The van der Waals surface area contributed by atoms with E-state index in [1.165, 1.54) is 58.3 Å². The van der Waals surface area contributed by atoms with E-state index in [-0.39, 0.29) is 0 Å². The molecule has 4 heteroatoms. The molecule has 0 saturated heterocycles. The van der Waals surface area contributed by atoms with E-state index in [2.05, 4.69) is 6.92 Å². The third-order valence-corrected chi connectivity index (χ3v) is 3.53. The minimum atomic E-state index is -0.918. The van der Waals surface area contributed by atoms with Crippen LogP contribution in [0.1, 0.15) is 78.1 Å². The van der Waals surface area contributed by atoms with Crippen LogP contribution in [0.3, 0.4) is 0 Å². The topological polar surface area (TPSA) is 72.5 Å². The first-order valence-electron chi connectivity index (χ1n) is 8.19. The maximum Gasteiger partial charge on any atom is 0.325 e. The summed E-state index contributed by atoms with van der Waals surface area (Å²) in [6, 6.07) is -0.918. The number of aliphatic hydroxyl groups is 1. The molecule has 0 aromatic heterocycles. The van der Waals surface area contributed by atoms with Crippen LogP contribution in [0, 0.1) is 0 Å². The summed E-state index contributed by atoms with van der Waals surface area (Å²) in [5.74, 6) is -0.504. The molecule has 2 atom stereocenters. The fourth-order valence-electron chi connectivity index (χ4n) is 2.06. The summed E-state index contributed by atoms with van der Waals surface area (Å²) >= 11 is 0. The van der Waals surface area contributed by atoms with Gasteiger partial charge in [-0.05, 0) is 13.3 Å². The SMILES string of the molecule is CCCCCCCCCCCCOC(=O)[C@@H](N)C(C)O. The van der Waals surface area contributed by atoms with E-state index >= 15 is 0 Å². The van der Waals surface area contributed by atoms with Crippen molar-refractivity contribution in [3.05, 3.63) is 0 Å². The molecule has 0 amide bonds. The van der Waals surface area contributed by atoms with E-state index in [1.807, 2.05) is 0 Å². The normalized spacial score (nSPS) is 14.0. The van der Waals surface area contributed by atoms with Gasteiger partial charge in [0.25, 0.3) is 0 Å². The van der Waals surface area contributed by atoms with Gasteiger partial charge >= 0.3 is 5.97 Å². The van der Waals surface area contributed by atoms with Gasteiger partial charge < -0.3 is 15.6 Å². The van der Waals surface area contributed by atoms with Crippen LogP contribution in [0.15, 0.2) is 0 Å². The summed E-state index contributed by atoms with van der Waals surface area (Å²) in [6.45, 7) is 4.14. The van der Waals surface area contributed by atoms with Crippen molar-refractivity contribution in [2.45, 2.75) is 90.2 Å². The number of ether oxygens (including phenoxy) is 1. The number of carbonyl (C=O) groups excluding carboxylic acids is 1. The second-order valence-electron chi connectivity index (χ2n) is 5.62. The van der Waals surface area contributed by atoms with Crippen LogP contribution in [-0.2, 0) is 9.53 Å². The number of hydrogen-bond acceptors (Lipinski definition) is 4. The van der Waals surface area contributed by atoms with Gasteiger partial charge in [-0.1, -0.05) is 64.7 Å². The lowest BCUT2D eigenvalue weighted by atomic mass is 10.1. The predicted octanol–water partition coefficient (Wildman–Crippen LogP) is 3.16. The lowest BCUT2D eigenvalue weighted by molar-refractivity contribution is -0.147. The van der Waals surface area contributed by atoms with E-state index < -0.39 is 18.1 Å². The molecule has 1 unspecified atom stereocenters. The summed E-state index contributed by atoms with van der Waals surface area (Å²) < 4.78 is 5.01. The Morgan fingerprint density at radius 2 is 1.45 bits per heavy atom. The lowest BCUT2D eigenvalue weighted by Gasteiger charge is -2.13. The van der Waals surface area contributed by atoms with Crippen molar-refractivity contribution in [3.63, 3.8) is 0 Å². The van der Waals surface area contributed by atoms with Crippen molar-refractivity contribution in [3.8, 4) is 0 Å². The first-order valence-corrected chi connectivity index (χ1v) is 8.19. The van der Waals surface area contributed by atoms with Crippen molar-refractivity contribution in [2.75, 3.05) is 6.61 Å². The fourth-order valence-corrected chi connectivity index (χ4v) is 2.06. The molecule has 3 N–H and O–H groups in total. The Bertz CT molecular complexity index is 232. The van der Waals surface area contributed by atoms with Gasteiger partial charge in [-0.2, -0.15) is 0 Å². The maximum atomic E-state index is 11.3. The Hall–Kier alpha value is -0.610. The molecule has 0 saturated carbocycles. The van der Waals surface area contributed by atoms with Crippen molar-refractivity contribution >= 4 is 5.97 Å². The van der Waals surface area contributed by atoms with E-state index in [0.29, 0.717) is 6.61 Å². The van der Waals surface area contributed by atoms with Gasteiger partial charge in [0.05, 0.1) is 12.7 Å². The molecule has 0 spiro atoms. The Balaban J connectivity index is 3.23. The average molecular weight is 287 g/mol. The van der Waals surface area contributed by atoms with Crippen LogP contribution < -0.4 is 5.73 Å². The summed E-state index contributed by atoms with van der Waals surface area (Å²) in [5, 5.41) is 9.14. The Labute approximate surface area is 124 Å². The smallest absolute Gasteiger partial charge is 0.325 e. The van der Waals surface area contributed by atoms with Gasteiger partial charge in [0.1, 0.15) is 6.04 Å². The summed E-state index contributed by atoms with van der Waals surface area (Å²) in [5.41, 5.74) is 5.47. The molecule has 0 bridgehead atoms. The zero-order chi connectivity index (χ0) is 15.2. The van der Waals surface area contributed by atoms with Crippen LogP contribution in [0.5, 0.6) is 0 Å². The van der Waals surface area contributed by atoms with Gasteiger partial charge in [0.15, 0.2) is 0 Å². The van der Waals surface area contributed by atoms with Crippen LogP contribution >= 0.6 is 0 Å². The highest BCUT2D eigenvalue weighted by molar-refractivity contribution is 5.76. The minimum absolute atomic E-state index is 0.412. The number of aliphatic hydroxyl groups excluding tert-OH is 1. The van der Waals surface area contributed by atoms with E-state index in [4.69, 9.17) is 15.6 Å². The molecule has 4 nitrogen and oxygen atoms in total. The third kappa shape index (κ3) is 11.2. The van der Waals surface area contributed by atoms with Crippen LogP contribution in [0.4, 0.5) is 0 Å². The summed E-state index contributed by atoms with van der Waals surface area (Å²) in [7, 11) is 0. The van der Waals surface area contributed by atoms with E-state index in [1.54, 1.807) is 0 Å². The molecule has 0 radical (unpaired) electrons. The van der Waals surface area contributed by atoms with Crippen LogP contribution in [-0.4, -0.2) is 29.8 Å². The summed E-state index contributed by atoms with van der Waals surface area (Å²) in [6.07, 6.45) is 11.7. The second kappa shape index (κ2) is 13.4. The highest BCUT2D eigenvalue weighted by atomic mass is 16.5. The van der Waals surface area contributed by atoms with E-state index in [0.717, 1.165) is 12.8 Å². The molecule has 0 aliphatic carbocycles. The Kier molecular flexibility index (Phi) is 13.0. The minimum Gasteiger partial charge on any atom is -0.464 e. The number of nitrogens with two attached hydrogens (primary N) is 1. The lowest BCUT2D eigenvalue weighted by Crippen LogP contribution is -2.41. The highest BCUT2D eigenvalue weighted by Gasteiger charge is 2.19. The standard InChI is InChI=1S/C16H33NO3/c1-3-4-5-6-7-8-9-10-11-12-13-20-16(19)15(17)14(2)18/h14-15,18H,3-13,17H2,1-2H3/t14?,15-/m0/s1. The maximum absolute atomic E-state index is 11.3. The molecule has 20 heavy (non-hydrogen) atoms. The number of carbonyl (C=O) groups is 1. The Morgan fingerprint density at radius 1 is 1.00 bits per heavy atom.